The zero-order valence-electron chi connectivity index (χ0n) is 10.1. The van der Waals surface area contributed by atoms with Gasteiger partial charge < -0.3 is 10.8 Å². The van der Waals surface area contributed by atoms with Crippen molar-refractivity contribution in [3.05, 3.63) is 60.2 Å². The first-order chi connectivity index (χ1) is 9.09. The van der Waals surface area contributed by atoms with E-state index in [2.05, 4.69) is 0 Å². The Bertz CT molecular complexity index is 577. The first kappa shape index (κ1) is 12.8. The molecule has 1 unspecified atom stereocenters. The summed E-state index contributed by atoms with van der Waals surface area (Å²) >= 11 is 0. The standard InChI is InChI=1S/C15H13NO3/c16-14(17)13(15(18)19)12-8-6-11(7-9-12)10-4-2-1-3-5-10/h1-9,13H,(H2,16,17)(H,18,19). The van der Waals surface area contributed by atoms with Crippen LogP contribution < -0.4 is 5.73 Å². The Morgan fingerprint density at radius 3 is 1.89 bits per heavy atom. The minimum atomic E-state index is -1.30. The summed E-state index contributed by atoms with van der Waals surface area (Å²) in [5, 5.41) is 8.98. The number of carbonyl (C=O) groups excluding carboxylic acids is 1. The molecule has 19 heavy (non-hydrogen) atoms. The number of amides is 1. The van der Waals surface area contributed by atoms with Crippen LogP contribution in [-0.2, 0) is 9.59 Å². The molecule has 0 aliphatic carbocycles. The molecule has 4 heteroatoms. The molecule has 0 saturated carbocycles. The van der Waals surface area contributed by atoms with Crippen molar-refractivity contribution < 1.29 is 14.7 Å². The lowest BCUT2D eigenvalue weighted by molar-refractivity contribution is -0.142. The second-order valence-corrected chi connectivity index (χ2v) is 4.16. The molecule has 0 saturated heterocycles. The number of benzene rings is 2. The van der Waals surface area contributed by atoms with Gasteiger partial charge in [-0.25, -0.2) is 0 Å². The van der Waals surface area contributed by atoms with Crippen LogP contribution in [0.15, 0.2) is 54.6 Å². The lowest BCUT2D eigenvalue weighted by Crippen LogP contribution is -2.27. The van der Waals surface area contributed by atoms with Gasteiger partial charge in [0.15, 0.2) is 5.92 Å². The molecular formula is C15H13NO3. The van der Waals surface area contributed by atoms with Crippen LogP contribution in [0.1, 0.15) is 11.5 Å². The third kappa shape index (κ3) is 2.80. The molecule has 1 atom stereocenters. The van der Waals surface area contributed by atoms with Crippen molar-refractivity contribution in [3.8, 4) is 11.1 Å². The van der Waals surface area contributed by atoms with Crippen molar-refractivity contribution in [1.29, 1.82) is 0 Å². The molecule has 2 rings (SSSR count). The number of primary amides is 1. The summed E-state index contributed by atoms with van der Waals surface area (Å²) in [5.74, 6) is -3.40. The number of nitrogens with two attached hydrogens (primary N) is 1. The van der Waals surface area contributed by atoms with E-state index in [0.29, 0.717) is 5.56 Å². The average Bonchev–Trinajstić information content (AvgIpc) is 2.40. The molecule has 0 bridgehead atoms. The number of hydrogen-bond acceptors (Lipinski definition) is 2. The Morgan fingerprint density at radius 2 is 1.42 bits per heavy atom. The third-order valence-electron chi connectivity index (χ3n) is 2.88. The van der Waals surface area contributed by atoms with Crippen LogP contribution in [0, 0.1) is 0 Å². The first-order valence-corrected chi connectivity index (χ1v) is 5.77. The SMILES string of the molecule is NC(=O)C(C(=O)O)c1ccc(-c2ccccc2)cc1. The van der Waals surface area contributed by atoms with Crippen LogP contribution in [0.2, 0.25) is 0 Å². The third-order valence-corrected chi connectivity index (χ3v) is 2.88. The summed E-state index contributed by atoms with van der Waals surface area (Å²) < 4.78 is 0. The predicted molar refractivity (Wildman–Crippen MR) is 71.4 cm³/mol. The van der Waals surface area contributed by atoms with E-state index in [1.165, 1.54) is 0 Å². The smallest absolute Gasteiger partial charge is 0.320 e. The van der Waals surface area contributed by atoms with Crippen LogP contribution in [0.5, 0.6) is 0 Å². The van der Waals surface area contributed by atoms with Crippen molar-refractivity contribution in [2.75, 3.05) is 0 Å². The highest BCUT2D eigenvalue weighted by atomic mass is 16.4. The van der Waals surface area contributed by atoms with E-state index < -0.39 is 17.8 Å². The molecule has 2 aromatic rings. The molecule has 0 radical (unpaired) electrons. The number of aliphatic carboxylic acids is 1. The van der Waals surface area contributed by atoms with Gasteiger partial charge in [-0.2, -0.15) is 0 Å². The maximum atomic E-state index is 11.1. The quantitative estimate of drug-likeness (QED) is 0.820. The Labute approximate surface area is 110 Å². The van der Waals surface area contributed by atoms with Crippen LogP contribution in [0.4, 0.5) is 0 Å². The zero-order valence-corrected chi connectivity index (χ0v) is 10.1. The summed E-state index contributed by atoms with van der Waals surface area (Å²) in [7, 11) is 0. The summed E-state index contributed by atoms with van der Waals surface area (Å²) in [6.07, 6.45) is 0. The number of carboxylic acids is 1. The molecule has 2 aromatic carbocycles. The van der Waals surface area contributed by atoms with Gasteiger partial charge in [-0.3, -0.25) is 9.59 Å². The summed E-state index contributed by atoms with van der Waals surface area (Å²) in [6, 6.07) is 16.5. The van der Waals surface area contributed by atoms with E-state index in [9.17, 15) is 9.59 Å². The van der Waals surface area contributed by atoms with E-state index >= 15 is 0 Å². The normalized spacial score (nSPS) is 11.8. The fourth-order valence-electron chi connectivity index (χ4n) is 1.93. The summed E-state index contributed by atoms with van der Waals surface area (Å²) in [6.45, 7) is 0. The molecule has 0 fully saturated rings. The molecule has 1 amide bonds. The van der Waals surface area contributed by atoms with Gasteiger partial charge in [-0.1, -0.05) is 54.6 Å². The van der Waals surface area contributed by atoms with E-state index in [4.69, 9.17) is 10.8 Å². The predicted octanol–water partition coefficient (Wildman–Crippen LogP) is 2.01. The topological polar surface area (TPSA) is 80.4 Å². The van der Waals surface area contributed by atoms with E-state index in [1.54, 1.807) is 24.3 Å². The van der Waals surface area contributed by atoms with Crippen LogP contribution in [0.3, 0.4) is 0 Å². The molecule has 0 aliphatic heterocycles. The van der Waals surface area contributed by atoms with Gasteiger partial charge in [0.1, 0.15) is 0 Å². The van der Waals surface area contributed by atoms with Crippen LogP contribution in [0.25, 0.3) is 11.1 Å². The van der Waals surface area contributed by atoms with Crippen molar-refractivity contribution in [2.45, 2.75) is 5.92 Å². The Hall–Kier alpha value is -2.62. The number of carboxylic acid groups (broad SMARTS) is 1. The maximum Gasteiger partial charge on any atom is 0.320 e. The van der Waals surface area contributed by atoms with Crippen molar-refractivity contribution in [2.24, 2.45) is 5.73 Å². The molecule has 0 heterocycles. The molecule has 4 nitrogen and oxygen atoms in total. The Morgan fingerprint density at radius 1 is 0.895 bits per heavy atom. The second kappa shape index (κ2) is 5.35. The van der Waals surface area contributed by atoms with Crippen molar-refractivity contribution in [3.63, 3.8) is 0 Å². The highest BCUT2D eigenvalue weighted by Gasteiger charge is 2.25. The monoisotopic (exact) mass is 255 g/mol. The van der Waals surface area contributed by atoms with Crippen molar-refractivity contribution >= 4 is 11.9 Å². The molecule has 0 spiro atoms. The van der Waals surface area contributed by atoms with E-state index in [1.807, 2.05) is 30.3 Å². The highest BCUT2D eigenvalue weighted by Crippen LogP contribution is 2.22. The van der Waals surface area contributed by atoms with Gasteiger partial charge in [0.2, 0.25) is 5.91 Å². The van der Waals surface area contributed by atoms with E-state index in [-0.39, 0.29) is 0 Å². The van der Waals surface area contributed by atoms with Gasteiger partial charge >= 0.3 is 5.97 Å². The highest BCUT2D eigenvalue weighted by molar-refractivity contribution is 6.01. The first-order valence-electron chi connectivity index (χ1n) is 5.77. The molecule has 3 N–H and O–H groups in total. The minimum absolute atomic E-state index is 0.389. The average molecular weight is 255 g/mol. The van der Waals surface area contributed by atoms with Crippen molar-refractivity contribution in [1.82, 2.24) is 0 Å². The van der Waals surface area contributed by atoms with Gasteiger partial charge in [0.05, 0.1) is 0 Å². The van der Waals surface area contributed by atoms with Gasteiger partial charge in [-0.15, -0.1) is 0 Å². The maximum absolute atomic E-state index is 11.1. The Balaban J connectivity index is 2.33. The van der Waals surface area contributed by atoms with Gasteiger partial charge in [-0.05, 0) is 16.7 Å². The Kier molecular flexibility index (Phi) is 3.61. The number of carbonyl (C=O) groups is 2. The largest absolute Gasteiger partial charge is 0.480 e. The fourth-order valence-corrected chi connectivity index (χ4v) is 1.93. The van der Waals surface area contributed by atoms with Gasteiger partial charge in [0, 0.05) is 0 Å². The minimum Gasteiger partial charge on any atom is -0.480 e. The van der Waals surface area contributed by atoms with E-state index in [0.717, 1.165) is 11.1 Å². The number of hydrogen-bond donors (Lipinski definition) is 2. The molecule has 0 aliphatic rings. The molecular weight excluding hydrogens is 242 g/mol. The number of rotatable bonds is 4. The van der Waals surface area contributed by atoms with Crippen LogP contribution >= 0.6 is 0 Å². The zero-order chi connectivity index (χ0) is 13.8. The fraction of sp³-hybridized carbons (Fsp3) is 0.0667. The van der Waals surface area contributed by atoms with Crippen LogP contribution in [-0.4, -0.2) is 17.0 Å². The lowest BCUT2D eigenvalue weighted by atomic mass is 9.96. The molecule has 96 valence electrons. The molecule has 0 aromatic heterocycles. The summed E-state index contributed by atoms with van der Waals surface area (Å²) in [4.78, 5) is 22.1. The summed E-state index contributed by atoms with van der Waals surface area (Å²) in [5.41, 5.74) is 7.47. The van der Waals surface area contributed by atoms with Gasteiger partial charge in [0.25, 0.3) is 0 Å². The lowest BCUT2D eigenvalue weighted by Gasteiger charge is -2.09. The second-order valence-electron chi connectivity index (χ2n) is 4.16.